The van der Waals surface area contributed by atoms with Crippen LogP contribution in [0.2, 0.25) is 0 Å². The van der Waals surface area contributed by atoms with E-state index in [2.05, 4.69) is 5.32 Å². The summed E-state index contributed by atoms with van der Waals surface area (Å²) >= 11 is 0. The summed E-state index contributed by atoms with van der Waals surface area (Å²) in [4.78, 5) is 29.0. The fourth-order valence-corrected chi connectivity index (χ4v) is 5.18. The number of hydrogen-bond acceptors (Lipinski definition) is 4. The van der Waals surface area contributed by atoms with Gasteiger partial charge in [0, 0.05) is 25.8 Å². The number of benzene rings is 3. The van der Waals surface area contributed by atoms with Crippen LogP contribution in [0, 0.1) is 6.92 Å². The Morgan fingerprint density at radius 2 is 1.79 bits per heavy atom. The second-order valence-electron chi connectivity index (χ2n) is 7.87. The number of hydrogen-bond donors (Lipinski definition) is 1. The topological polar surface area (TPSA) is 75.7 Å². The minimum Gasteiger partial charge on any atom is -0.385 e. The molecule has 2 amide bonds. The quantitative estimate of drug-likeness (QED) is 0.537. The van der Waals surface area contributed by atoms with Crippen LogP contribution in [-0.4, -0.2) is 36.3 Å². The average molecular weight is 463 g/mol. The molecule has 0 fully saturated rings. The monoisotopic (exact) mass is 462 g/mol. The lowest BCUT2D eigenvalue weighted by atomic mass is 10.1. The Labute approximate surface area is 196 Å². The lowest BCUT2D eigenvalue weighted by Crippen LogP contribution is -2.31. The molecule has 7 heteroatoms. The van der Waals surface area contributed by atoms with Crippen molar-refractivity contribution < 1.29 is 18.5 Å². The van der Waals surface area contributed by atoms with Crippen molar-refractivity contribution >= 4 is 28.3 Å². The molecule has 1 aliphatic heterocycles. The predicted octanol–water partition coefficient (Wildman–Crippen LogP) is 4.09. The van der Waals surface area contributed by atoms with Crippen molar-refractivity contribution in [3.63, 3.8) is 0 Å². The number of amides is 2. The molecular formula is C26H26N2O4S. The second-order valence-corrected chi connectivity index (χ2v) is 9.28. The van der Waals surface area contributed by atoms with E-state index >= 15 is 0 Å². The molecule has 6 nitrogen and oxygen atoms in total. The molecule has 0 aliphatic carbocycles. The van der Waals surface area contributed by atoms with Gasteiger partial charge in [0.1, 0.15) is 0 Å². The highest BCUT2D eigenvalue weighted by molar-refractivity contribution is 7.85. The van der Waals surface area contributed by atoms with Crippen LogP contribution in [0.5, 0.6) is 0 Å². The number of carbonyl (C=O) groups excluding carboxylic acids is 2. The summed E-state index contributed by atoms with van der Waals surface area (Å²) in [5.74, 6) is -0.483. The summed E-state index contributed by atoms with van der Waals surface area (Å²) < 4.78 is 18.5. The molecule has 3 aromatic carbocycles. The number of rotatable bonds is 7. The van der Waals surface area contributed by atoms with Crippen LogP contribution < -0.4 is 10.2 Å². The second kappa shape index (κ2) is 10.1. The molecule has 1 N–H and O–H groups in total. The van der Waals surface area contributed by atoms with Crippen LogP contribution in [0.1, 0.15) is 38.3 Å². The summed E-state index contributed by atoms with van der Waals surface area (Å²) in [6.07, 6.45) is 0.699. The van der Waals surface area contributed by atoms with Gasteiger partial charge < -0.3 is 15.0 Å². The Kier molecular flexibility index (Phi) is 7.01. The molecule has 0 saturated carbocycles. The van der Waals surface area contributed by atoms with Crippen LogP contribution in [0.3, 0.4) is 0 Å². The highest BCUT2D eigenvalue weighted by atomic mass is 32.2. The van der Waals surface area contributed by atoms with E-state index in [0.717, 1.165) is 11.1 Å². The smallest absolute Gasteiger partial charge is 0.259 e. The molecule has 0 spiro atoms. The van der Waals surface area contributed by atoms with Crippen LogP contribution in [0.4, 0.5) is 5.69 Å². The maximum atomic E-state index is 13.7. The van der Waals surface area contributed by atoms with Gasteiger partial charge in [-0.05, 0) is 54.8 Å². The molecule has 4 rings (SSSR count). The van der Waals surface area contributed by atoms with Gasteiger partial charge in [-0.1, -0.05) is 36.4 Å². The fourth-order valence-electron chi connectivity index (χ4n) is 3.84. The highest BCUT2D eigenvalue weighted by Gasteiger charge is 2.31. The summed E-state index contributed by atoms with van der Waals surface area (Å²) in [5, 5.41) is 2.87. The Balaban J connectivity index is 1.77. The Hall–Kier alpha value is -3.29. The van der Waals surface area contributed by atoms with Crippen LogP contribution in [-0.2, 0) is 22.1 Å². The van der Waals surface area contributed by atoms with Gasteiger partial charge in [-0.3, -0.25) is 9.59 Å². The van der Waals surface area contributed by atoms with E-state index in [1.54, 1.807) is 54.5 Å². The Bertz CT molecular complexity index is 1220. The Morgan fingerprint density at radius 1 is 1.03 bits per heavy atom. The number of aryl methyl sites for hydroxylation is 1. The number of nitrogens with one attached hydrogen (secondary N) is 1. The number of carbonyl (C=O) groups is 2. The normalized spacial score (nSPS) is 14.9. The van der Waals surface area contributed by atoms with Crippen molar-refractivity contribution in [3.05, 3.63) is 89.0 Å². The molecule has 0 aromatic heterocycles. The first-order valence-electron chi connectivity index (χ1n) is 10.8. The highest BCUT2D eigenvalue weighted by Crippen LogP contribution is 2.36. The summed E-state index contributed by atoms with van der Waals surface area (Å²) in [7, 11) is 0.0651. The zero-order valence-corrected chi connectivity index (χ0v) is 19.5. The van der Waals surface area contributed by atoms with Crippen LogP contribution in [0.15, 0.2) is 76.5 Å². The lowest BCUT2D eigenvalue weighted by molar-refractivity contribution is 0.0945. The molecule has 1 aliphatic rings. The lowest BCUT2D eigenvalue weighted by Gasteiger charge is -2.24. The molecule has 0 bridgehead atoms. The van der Waals surface area contributed by atoms with Gasteiger partial charge in [0.2, 0.25) is 0 Å². The van der Waals surface area contributed by atoms with E-state index in [1.807, 2.05) is 31.2 Å². The third-order valence-electron chi connectivity index (χ3n) is 5.67. The van der Waals surface area contributed by atoms with E-state index in [0.29, 0.717) is 52.7 Å². The molecule has 3 aromatic rings. The molecule has 0 unspecified atom stereocenters. The zero-order chi connectivity index (χ0) is 23.4. The molecule has 0 radical (unpaired) electrons. The molecule has 1 heterocycles. The summed E-state index contributed by atoms with van der Waals surface area (Å²) in [6, 6.07) is 19.9. The molecule has 170 valence electrons. The maximum absolute atomic E-state index is 13.7. The minimum absolute atomic E-state index is 0.237. The predicted molar refractivity (Wildman–Crippen MR) is 128 cm³/mol. The van der Waals surface area contributed by atoms with Crippen molar-refractivity contribution in [1.82, 2.24) is 5.32 Å². The number of nitrogens with zero attached hydrogens (tertiary/aromatic N) is 1. The fraction of sp³-hybridized carbons (Fsp3) is 0.231. The van der Waals surface area contributed by atoms with E-state index in [-0.39, 0.29) is 11.8 Å². The Morgan fingerprint density at radius 3 is 2.58 bits per heavy atom. The first kappa shape index (κ1) is 22.9. The van der Waals surface area contributed by atoms with E-state index in [4.69, 9.17) is 4.74 Å². The molecule has 33 heavy (non-hydrogen) atoms. The van der Waals surface area contributed by atoms with E-state index in [9.17, 15) is 13.8 Å². The number of fused-ring (bicyclic) bond motifs is 2. The van der Waals surface area contributed by atoms with Crippen LogP contribution in [0.25, 0.3) is 0 Å². The first-order valence-corrected chi connectivity index (χ1v) is 11.9. The number of methoxy groups -OCH3 is 1. The van der Waals surface area contributed by atoms with Crippen LogP contribution >= 0.6 is 0 Å². The summed E-state index contributed by atoms with van der Waals surface area (Å²) in [6.45, 7) is 3.34. The largest absolute Gasteiger partial charge is 0.385 e. The standard InChI is InChI=1S/C26H26N2O4S/c1-18-8-3-4-9-20(18)17-28-22-16-19(25(29)27-14-7-15-32-2)12-13-24(22)33(31)23-11-6-5-10-21(23)26(28)30/h3-6,8-13,16H,7,14-15,17H2,1-2H3,(H,27,29)/t33-/m0/s1. The van der Waals surface area contributed by atoms with Crippen molar-refractivity contribution in [2.24, 2.45) is 0 Å². The van der Waals surface area contributed by atoms with Gasteiger partial charge in [0.25, 0.3) is 11.8 Å². The third-order valence-corrected chi connectivity index (χ3v) is 7.17. The van der Waals surface area contributed by atoms with E-state index < -0.39 is 10.8 Å². The average Bonchev–Trinajstić information content (AvgIpc) is 2.92. The van der Waals surface area contributed by atoms with Crippen molar-refractivity contribution in [1.29, 1.82) is 0 Å². The van der Waals surface area contributed by atoms with Gasteiger partial charge in [0.15, 0.2) is 0 Å². The molecular weight excluding hydrogens is 436 g/mol. The van der Waals surface area contributed by atoms with Gasteiger partial charge in [0.05, 0.1) is 38.4 Å². The third kappa shape index (κ3) is 4.74. The van der Waals surface area contributed by atoms with Gasteiger partial charge >= 0.3 is 0 Å². The van der Waals surface area contributed by atoms with E-state index in [1.165, 1.54) is 0 Å². The number of ether oxygens (including phenoxy) is 1. The van der Waals surface area contributed by atoms with Gasteiger partial charge in [-0.15, -0.1) is 0 Å². The van der Waals surface area contributed by atoms with Gasteiger partial charge in [-0.2, -0.15) is 0 Å². The van der Waals surface area contributed by atoms with Crippen molar-refractivity contribution in [3.8, 4) is 0 Å². The van der Waals surface area contributed by atoms with Gasteiger partial charge in [-0.25, -0.2) is 4.21 Å². The number of anilines is 1. The summed E-state index contributed by atoms with van der Waals surface area (Å²) in [5.41, 5.74) is 3.35. The minimum atomic E-state index is -1.55. The first-order chi connectivity index (χ1) is 16.0. The van der Waals surface area contributed by atoms with Crippen molar-refractivity contribution in [2.45, 2.75) is 29.7 Å². The molecule has 1 atom stereocenters. The zero-order valence-electron chi connectivity index (χ0n) is 18.7. The maximum Gasteiger partial charge on any atom is 0.259 e. The SMILES string of the molecule is COCCCNC(=O)c1ccc2c(c1)N(Cc1ccccc1C)C(=O)c1ccccc1[S@@]2=O. The van der Waals surface area contributed by atoms with Crippen molar-refractivity contribution in [2.75, 3.05) is 25.2 Å². The molecule has 0 saturated heterocycles.